The maximum absolute atomic E-state index is 11.5. The summed E-state index contributed by atoms with van der Waals surface area (Å²) >= 11 is 0. The maximum Gasteiger partial charge on any atom is 0.211 e. The van der Waals surface area contributed by atoms with E-state index in [-0.39, 0.29) is 0 Å². The van der Waals surface area contributed by atoms with Gasteiger partial charge in [-0.2, -0.15) is 0 Å². The summed E-state index contributed by atoms with van der Waals surface area (Å²) in [6.45, 7) is 3.28. The number of pyridine rings is 1. The van der Waals surface area contributed by atoms with Gasteiger partial charge in [0.25, 0.3) is 0 Å². The fourth-order valence-corrected chi connectivity index (χ4v) is 3.39. The van der Waals surface area contributed by atoms with E-state index in [1.165, 1.54) is 11.8 Å². The second-order valence-electron chi connectivity index (χ2n) is 5.14. The van der Waals surface area contributed by atoms with Crippen LogP contribution >= 0.6 is 0 Å². The Hall–Kier alpha value is -0.940. The molecule has 2 heterocycles. The fourth-order valence-electron chi connectivity index (χ4n) is 2.45. The molecule has 0 aromatic carbocycles. The molecule has 18 heavy (non-hydrogen) atoms. The first-order valence-electron chi connectivity index (χ1n) is 6.32. The van der Waals surface area contributed by atoms with Gasteiger partial charge in [0, 0.05) is 25.0 Å². The Morgan fingerprint density at radius 2 is 2.22 bits per heavy atom. The molecule has 1 atom stereocenters. The van der Waals surface area contributed by atoms with Crippen LogP contribution in [0.2, 0.25) is 0 Å². The van der Waals surface area contributed by atoms with E-state index in [0.717, 1.165) is 25.0 Å². The van der Waals surface area contributed by atoms with Crippen LogP contribution in [0, 0.1) is 12.8 Å². The summed E-state index contributed by atoms with van der Waals surface area (Å²) in [5.74, 6) is 0.415. The van der Waals surface area contributed by atoms with Gasteiger partial charge in [0.2, 0.25) is 10.0 Å². The van der Waals surface area contributed by atoms with Crippen LogP contribution < -0.4 is 0 Å². The zero-order valence-electron chi connectivity index (χ0n) is 11.0. The van der Waals surface area contributed by atoms with E-state index < -0.39 is 10.0 Å². The number of sulfonamides is 1. The number of piperidine rings is 1. The number of aryl methyl sites for hydroxylation is 1. The Morgan fingerprint density at radius 1 is 1.44 bits per heavy atom. The Bertz CT molecular complexity index is 496. The lowest BCUT2D eigenvalue weighted by Gasteiger charge is -2.30. The Balaban J connectivity index is 2.00. The molecule has 1 fully saturated rings. The van der Waals surface area contributed by atoms with Gasteiger partial charge in [-0.1, -0.05) is 6.07 Å². The molecule has 1 unspecified atom stereocenters. The van der Waals surface area contributed by atoms with Crippen LogP contribution in [0.15, 0.2) is 18.3 Å². The summed E-state index contributed by atoms with van der Waals surface area (Å²) in [7, 11) is -3.04. The van der Waals surface area contributed by atoms with Crippen molar-refractivity contribution in [1.29, 1.82) is 0 Å². The first kappa shape index (κ1) is 13.5. The zero-order valence-corrected chi connectivity index (χ0v) is 11.8. The molecule has 0 aliphatic carbocycles. The average Bonchev–Trinajstić information content (AvgIpc) is 2.31. The van der Waals surface area contributed by atoms with Crippen LogP contribution in [0.5, 0.6) is 0 Å². The fraction of sp³-hybridized carbons (Fsp3) is 0.615. The Kier molecular flexibility index (Phi) is 4.02. The van der Waals surface area contributed by atoms with Crippen LogP contribution in [0.1, 0.15) is 24.1 Å². The van der Waals surface area contributed by atoms with E-state index in [4.69, 9.17) is 0 Å². The molecule has 0 saturated carbocycles. The van der Waals surface area contributed by atoms with Crippen LogP contribution in [0.25, 0.3) is 0 Å². The van der Waals surface area contributed by atoms with Gasteiger partial charge in [0.15, 0.2) is 0 Å². The monoisotopic (exact) mass is 268 g/mol. The molecule has 1 aliphatic heterocycles. The van der Waals surface area contributed by atoms with Gasteiger partial charge in [-0.05, 0) is 43.7 Å². The minimum Gasteiger partial charge on any atom is -0.261 e. The van der Waals surface area contributed by atoms with Gasteiger partial charge < -0.3 is 0 Å². The molecule has 4 nitrogen and oxygen atoms in total. The van der Waals surface area contributed by atoms with Crippen molar-refractivity contribution in [3.63, 3.8) is 0 Å². The summed E-state index contributed by atoms with van der Waals surface area (Å²) in [5, 5.41) is 0. The highest BCUT2D eigenvalue weighted by atomic mass is 32.2. The predicted octanol–water partition coefficient (Wildman–Crippen LogP) is 1.60. The van der Waals surface area contributed by atoms with Gasteiger partial charge >= 0.3 is 0 Å². The van der Waals surface area contributed by atoms with Crippen LogP contribution in [0.4, 0.5) is 0 Å². The predicted molar refractivity (Wildman–Crippen MR) is 71.8 cm³/mol. The quantitative estimate of drug-likeness (QED) is 0.836. The third-order valence-corrected chi connectivity index (χ3v) is 4.72. The van der Waals surface area contributed by atoms with E-state index in [1.807, 2.05) is 19.2 Å². The van der Waals surface area contributed by atoms with Crippen molar-refractivity contribution in [3.05, 3.63) is 29.6 Å². The van der Waals surface area contributed by atoms with Crippen molar-refractivity contribution in [2.75, 3.05) is 19.3 Å². The third-order valence-electron chi connectivity index (χ3n) is 3.45. The third kappa shape index (κ3) is 3.53. The van der Waals surface area contributed by atoms with E-state index in [1.54, 1.807) is 4.31 Å². The molecule has 0 radical (unpaired) electrons. The van der Waals surface area contributed by atoms with Gasteiger partial charge in [0.05, 0.1) is 6.26 Å². The van der Waals surface area contributed by atoms with Crippen molar-refractivity contribution in [2.45, 2.75) is 26.2 Å². The van der Waals surface area contributed by atoms with E-state index in [9.17, 15) is 8.42 Å². The van der Waals surface area contributed by atoms with Crippen LogP contribution in [-0.4, -0.2) is 37.1 Å². The number of aromatic nitrogens is 1. The molecule has 1 aromatic heterocycles. The topological polar surface area (TPSA) is 50.3 Å². The molecule has 100 valence electrons. The Morgan fingerprint density at radius 3 is 2.83 bits per heavy atom. The molecule has 0 N–H and O–H groups in total. The number of nitrogens with zero attached hydrogens (tertiary/aromatic N) is 2. The van der Waals surface area contributed by atoms with Crippen molar-refractivity contribution in [3.8, 4) is 0 Å². The summed E-state index contributed by atoms with van der Waals surface area (Å²) in [6, 6.07) is 4.09. The van der Waals surface area contributed by atoms with Gasteiger partial charge in [-0.3, -0.25) is 4.98 Å². The standard InChI is InChI=1S/C13H20N2O2S/c1-11-5-6-12(9-14-11)8-13-4-3-7-15(10-13)18(2,16)17/h5-6,9,13H,3-4,7-8,10H2,1-2H3. The minimum absolute atomic E-state index is 0.415. The van der Waals surface area contributed by atoms with E-state index in [2.05, 4.69) is 11.1 Å². The normalized spacial score (nSPS) is 22.0. The maximum atomic E-state index is 11.5. The second kappa shape index (κ2) is 5.36. The average molecular weight is 268 g/mol. The lowest BCUT2D eigenvalue weighted by molar-refractivity contribution is 0.266. The Labute approximate surface area is 109 Å². The highest BCUT2D eigenvalue weighted by Gasteiger charge is 2.25. The first-order valence-corrected chi connectivity index (χ1v) is 8.16. The molecule has 1 aromatic rings. The van der Waals surface area contributed by atoms with E-state index >= 15 is 0 Å². The molecule has 2 rings (SSSR count). The molecule has 0 spiro atoms. The molecular weight excluding hydrogens is 248 g/mol. The van der Waals surface area contributed by atoms with Crippen molar-refractivity contribution in [2.24, 2.45) is 5.92 Å². The highest BCUT2D eigenvalue weighted by Crippen LogP contribution is 2.22. The van der Waals surface area contributed by atoms with Crippen molar-refractivity contribution < 1.29 is 8.42 Å². The SMILES string of the molecule is Cc1ccc(CC2CCCN(S(C)(=O)=O)C2)cn1. The summed E-state index contributed by atoms with van der Waals surface area (Å²) in [6.07, 6.45) is 6.16. The van der Waals surface area contributed by atoms with Crippen LogP contribution in [0.3, 0.4) is 0 Å². The largest absolute Gasteiger partial charge is 0.261 e. The lowest BCUT2D eigenvalue weighted by atomic mass is 9.93. The summed E-state index contributed by atoms with van der Waals surface area (Å²) in [5.41, 5.74) is 2.21. The molecule has 5 heteroatoms. The van der Waals surface area contributed by atoms with Crippen molar-refractivity contribution in [1.82, 2.24) is 9.29 Å². The molecule has 1 aliphatic rings. The summed E-state index contributed by atoms with van der Waals surface area (Å²) < 4.78 is 24.7. The molecule has 0 amide bonds. The van der Waals surface area contributed by atoms with Gasteiger partial charge in [-0.25, -0.2) is 12.7 Å². The highest BCUT2D eigenvalue weighted by molar-refractivity contribution is 7.88. The molecule has 0 bridgehead atoms. The smallest absolute Gasteiger partial charge is 0.211 e. The lowest BCUT2D eigenvalue weighted by Crippen LogP contribution is -2.39. The van der Waals surface area contributed by atoms with Gasteiger partial charge in [-0.15, -0.1) is 0 Å². The minimum atomic E-state index is -3.04. The van der Waals surface area contributed by atoms with Crippen molar-refractivity contribution >= 4 is 10.0 Å². The molecule has 1 saturated heterocycles. The zero-order chi connectivity index (χ0) is 13.2. The van der Waals surface area contributed by atoms with Gasteiger partial charge in [0.1, 0.15) is 0 Å². The summed E-state index contributed by atoms with van der Waals surface area (Å²) in [4.78, 5) is 4.28. The second-order valence-corrected chi connectivity index (χ2v) is 7.12. The van der Waals surface area contributed by atoms with E-state index in [0.29, 0.717) is 19.0 Å². The molecular formula is C13H20N2O2S. The number of hydrogen-bond acceptors (Lipinski definition) is 3. The number of rotatable bonds is 3. The number of hydrogen-bond donors (Lipinski definition) is 0. The van der Waals surface area contributed by atoms with Crippen LogP contribution in [-0.2, 0) is 16.4 Å². The first-order chi connectivity index (χ1) is 8.45.